The number of hydrogen-bond acceptors (Lipinski definition) is 6. The van der Waals surface area contributed by atoms with Gasteiger partial charge in [-0.1, -0.05) is 46.2 Å². The predicted octanol–water partition coefficient (Wildman–Crippen LogP) is 5.61. The van der Waals surface area contributed by atoms with Crippen LogP contribution in [-0.4, -0.2) is 24.9 Å². The summed E-state index contributed by atoms with van der Waals surface area (Å²) in [7, 11) is 0. The minimum atomic E-state index is 0.442. The second-order valence-electron chi connectivity index (χ2n) is 5.87. The molecule has 2 heterocycles. The van der Waals surface area contributed by atoms with Crippen LogP contribution in [0.4, 0.5) is 0 Å². The first kappa shape index (κ1) is 19.0. The van der Waals surface area contributed by atoms with Crippen molar-refractivity contribution in [1.82, 2.24) is 24.9 Å². The molecule has 0 aliphatic rings. The molecule has 0 radical (unpaired) electrons. The molecule has 4 rings (SSSR count). The lowest BCUT2D eigenvalue weighted by Crippen LogP contribution is -2.00. The van der Waals surface area contributed by atoms with E-state index in [4.69, 9.17) is 27.7 Å². The van der Waals surface area contributed by atoms with Gasteiger partial charge >= 0.3 is 0 Å². The van der Waals surface area contributed by atoms with Gasteiger partial charge in [0.05, 0.1) is 5.75 Å². The minimum Gasteiger partial charge on any atom is -0.334 e. The molecule has 9 heteroatoms. The lowest BCUT2D eigenvalue weighted by molar-refractivity contribution is 0.425. The highest BCUT2D eigenvalue weighted by Gasteiger charge is 2.15. The normalized spacial score (nSPS) is 11.1. The average molecular weight is 432 g/mol. The Morgan fingerprint density at radius 3 is 2.57 bits per heavy atom. The Balaban J connectivity index is 1.50. The van der Waals surface area contributed by atoms with Crippen molar-refractivity contribution in [3.63, 3.8) is 0 Å². The average Bonchev–Trinajstić information content (AvgIpc) is 3.34. The topological polar surface area (TPSA) is 69.6 Å². The summed E-state index contributed by atoms with van der Waals surface area (Å²) in [5, 5.41) is 14.8. The number of aromatic nitrogens is 5. The largest absolute Gasteiger partial charge is 0.334 e. The number of rotatable bonds is 6. The van der Waals surface area contributed by atoms with Crippen LogP contribution < -0.4 is 0 Å². The molecule has 0 aliphatic carbocycles. The number of halogens is 2. The monoisotopic (exact) mass is 431 g/mol. The molecule has 6 nitrogen and oxygen atoms in total. The molecule has 0 fully saturated rings. The van der Waals surface area contributed by atoms with E-state index in [0.29, 0.717) is 27.5 Å². The standard InChI is InChI=1S/C19H15Cl2N5OS/c1-2-26-17(12-6-8-14(20)9-7-12)23-24-19(26)28-11-16-22-18(27-25-16)13-4-3-5-15(21)10-13/h3-10H,2,11H2,1H3. The van der Waals surface area contributed by atoms with Crippen LogP contribution in [-0.2, 0) is 12.3 Å². The molecular weight excluding hydrogens is 417 g/mol. The third-order valence-electron chi connectivity index (χ3n) is 4.01. The summed E-state index contributed by atoms with van der Waals surface area (Å²) in [6.45, 7) is 2.80. The molecule has 0 aliphatic heterocycles. The van der Waals surface area contributed by atoms with E-state index in [9.17, 15) is 0 Å². The minimum absolute atomic E-state index is 0.442. The first-order valence-corrected chi connectivity index (χ1v) is 10.3. The zero-order valence-corrected chi connectivity index (χ0v) is 17.2. The number of benzene rings is 2. The van der Waals surface area contributed by atoms with Crippen molar-refractivity contribution in [2.24, 2.45) is 0 Å². The molecular formula is C19H15Cl2N5OS. The van der Waals surface area contributed by atoms with Crippen molar-refractivity contribution in [1.29, 1.82) is 0 Å². The molecule has 0 spiro atoms. The van der Waals surface area contributed by atoms with Crippen molar-refractivity contribution >= 4 is 35.0 Å². The van der Waals surface area contributed by atoms with Crippen molar-refractivity contribution in [3.05, 3.63) is 64.4 Å². The molecule has 4 aromatic rings. The molecule has 0 N–H and O–H groups in total. The third kappa shape index (κ3) is 4.06. The van der Waals surface area contributed by atoms with E-state index in [-0.39, 0.29) is 0 Å². The zero-order valence-electron chi connectivity index (χ0n) is 14.8. The highest BCUT2D eigenvalue weighted by Crippen LogP contribution is 2.27. The van der Waals surface area contributed by atoms with Gasteiger partial charge in [-0.05, 0) is 49.4 Å². The Kier molecular flexibility index (Phi) is 5.66. The summed E-state index contributed by atoms with van der Waals surface area (Å²) in [5.41, 5.74) is 1.76. The Labute approximate surface area is 175 Å². The Morgan fingerprint density at radius 2 is 1.82 bits per heavy atom. The van der Waals surface area contributed by atoms with Crippen LogP contribution in [0.5, 0.6) is 0 Å². The smallest absolute Gasteiger partial charge is 0.258 e. The third-order valence-corrected chi connectivity index (χ3v) is 5.46. The fraction of sp³-hybridized carbons (Fsp3) is 0.158. The van der Waals surface area contributed by atoms with Gasteiger partial charge in [-0.25, -0.2) is 0 Å². The summed E-state index contributed by atoms with van der Waals surface area (Å²) in [4.78, 5) is 4.44. The molecule has 0 atom stereocenters. The highest BCUT2D eigenvalue weighted by atomic mass is 35.5. The first-order chi connectivity index (χ1) is 13.6. The van der Waals surface area contributed by atoms with Gasteiger partial charge in [0.15, 0.2) is 16.8 Å². The second kappa shape index (κ2) is 8.34. The molecule has 0 saturated carbocycles. The van der Waals surface area contributed by atoms with E-state index in [1.807, 2.05) is 41.0 Å². The van der Waals surface area contributed by atoms with Gasteiger partial charge in [0.1, 0.15) is 0 Å². The van der Waals surface area contributed by atoms with Crippen LogP contribution in [0.1, 0.15) is 12.7 Å². The molecule has 2 aromatic heterocycles. The van der Waals surface area contributed by atoms with E-state index < -0.39 is 0 Å². The predicted molar refractivity (Wildman–Crippen MR) is 110 cm³/mol. The fourth-order valence-corrected chi connectivity index (χ4v) is 3.84. The lowest BCUT2D eigenvalue weighted by atomic mass is 10.2. The van der Waals surface area contributed by atoms with Crippen molar-refractivity contribution in [2.45, 2.75) is 24.4 Å². The maximum atomic E-state index is 6.02. The number of hydrogen-bond donors (Lipinski definition) is 0. The molecule has 142 valence electrons. The fourth-order valence-electron chi connectivity index (χ4n) is 2.67. The van der Waals surface area contributed by atoms with Gasteiger partial charge in [0.25, 0.3) is 5.89 Å². The molecule has 0 amide bonds. The summed E-state index contributed by atoms with van der Waals surface area (Å²) in [6.07, 6.45) is 0. The van der Waals surface area contributed by atoms with Gasteiger partial charge in [0, 0.05) is 27.7 Å². The van der Waals surface area contributed by atoms with Crippen molar-refractivity contribution < 1.29 is 4.52 Å². The van der Waals surface area contributed by atoms with Crippen molar-refractivity contribution in [2.75, 3.05) is 0 Å². The van der Waals surface area contributed by atoms with Crippen LogP contribution in [0.2, 0.25) is 10.0 Å². The van der Waals surface area contributed by atoms with E-state index in [1.165, 1.54) is 11.8 Å². The van der Waals surface area contributed by atoms with Gasteiger partial charge in [0.2, 0.25) is 0 Å². The molecule has 2 aromatic carbocycles. The van der Waals surface area contributed by atoms with Gasteiger partial charge in [-0.2, -0.15) is 4.98 Å². The summed E-state index contributed by atoms with van der Waals surface area (Å²) in [6, 6.07) is 14.9. The van der Waals surface area contributed by atoms with E-state index in [0.717, 1.165) is 28.7 Å². The maximum absolute atomic E-state index is 6.02. The van der Waals surface area contributed by atoms with Crippen LogP contribution in [0.25, 0.3) is 22.8 Å². The van der Waals surface area contributed by atoms with Gasteiger partial charge in [-0.3, -0.25) is 0 Å². The van der Waals surface area contributed by atoms with E-state index >= 15 is 0 Å². The number of nitrogens with zero attached hydrogens (tertiary/aromatic N) is 5. The Morgan fingerprint density at radius 1 is 1.00 bits per heavy atom. The SMILES string of the molecule is CCn1c(SCc2noc(-c3cccc(Cl)c3)n2)nnc1-c1ccc(Cl)cc1. The second-order valence-corrected chi connectivity index (χ2v) is 7.69. The van der Waals surface area contributed by atoms with Crippen LogP contribution >= 0.6 is 35.0 Å². The van der Waals surface area contributed by atoms with Crippen molar-refractivity contribution in [3.8, 4) is 22.8 Å². The summed E-state index contributed by atoms with van der Waals surface area (Å²) in [5.74, 6) is 2.34. The molecule has 0 bridgehead atoms. The molecule has 0 saturated heterocycles. The van der Waals surface area contributed by atoms with Gasteiger partial charge in [-0.15, -0.1) is 10.2 Å². The number of thioether (sulfide) groups is 1. The maximum Gasteiger partial charge on any atom is 0.258 e. The first-order valence-electron chi connectivity index (χ1n) is 8.54. The quantitative estimate of drug-likeness (QED) is 0.369. The van der Waals surface area contributed by atoms with Crippen LogP contribution in [0, 0.1) is 0 Å². The lowest BCUT2D eigenvalue weighted by Gasteiger charge is -2.06. The molecule has 0 unspecified atom stereocenters. The molecule has 28 heavy (non-hydrogen) atoms. The summed E-state index contributed by atoms with van der Waals surface area (Å²) >= 11 is 13.5. The van der Waals surface area contributed by atoms with Crippen LogP contribution in [0.15, 0.2) is 58.2 Å². The van der Waals surface area contributed by atoms with Crippen LogP contribution in [0.3, 0.4) is 0 Å². The summed E-state index contributed by atoms with van der Waals surface area (Å²) < 4.78 is 7.40. The van der Waals surface area contributed by atoms with E-state index in [1.54, 1.807) is 12.1 Å². The Hall–Kier alpha value is -2.35. The highest BCUT2D eigenvalue weighted by molar-refractivity contribution is 7.98. The zero-order chi connectivity index (χ0) is 19.5. The van der Waals surface area contributed by atoms with Gasteiger partial charge < -0.3 is 9.09 Å². The Bertz CT molecular complexity index is 1090. The van der Waals surface area contributed by atoms with E-state index in [2.05, 4.69) is 27.3 Å².